The smallest absolute Gasteiger partial charge is 0.233 e. The summed E-state index contributed by atoms with van der Waals surface area (Å²) in [6.45, 7) is 9.86. The third kappa shape index (κ3) is 2.70. The number of amides is 1. The lowest BCUT2D eigenvalue weighted by Gasteiger charge is -2.44. The largest absolute Gasteiger partial charge is 0.341 e. The van der Waals surface area contributed by atoms with Gasteiger partial charge in [-0.3, -0.25) is 4.79 Å². The third-order valence-corrected chi connectivity index (χ3v) is 5.46. The number of piperidine rings is 1. The van der Waals surface area contributed by atoms with Gasteiger partial charge in [-0.2, -0.15) is 0 Å². The van der Waals surface area contributed by atoms with E-state index in [1.54, 1.807) is 11.3 Å². The van der Waals surface area contributed by atoms with Crippen LogP contribution in [0, 0.1) is 5.41 Å². The normalized spacial score (nSPS) is 23.4. The molecule has 0 bridgehead atoms. The molecular formula is C15H24N2OS. The van der Waals surface area contributed by atoms with Crippen LogP contribution in [0.1, 0.15) is 39.0 Å². The molecule has 3 nitrogen and oxygen atoms in total. The molecule has 2 heterocycles. The molecule has 1 aliphatic heterocycles. The summed E-state index contributed by atoms with van der Waals surface area (Å²) in [5, 5.41) is 2.03. The van der Waals surface area contributed by atoms with Crippen molar-refractivity contribution in [2.24, 2.45) is 11.1 Å². The van der Waals surface area contributed by atoms with Crippen molar-refractivity contribution >= 4 is 17.2 Å². The molecule has 0 aliphatic carbocycles. The molecule has 19 heavy (non-hydrogen) atoms. The molecule has 0 radical (unpaired) electrons. The number of nitrogens with zero attached hydrogens (tertiary/aromatic N) is 1. The predicted octanol–water partition coefficient (Wildman–Crippen LogP) is 2.61. The Morgan fingerprint density at radius 3 is 2.74 bits per heavy atom. The fraction of sp³-hybridized carbons (Fsp3) is 0.667. The topological polar surface area (TPSA) is 46.3 Å². The second-order valence-electron chi connectivity index (χ2n) is 6.71. The van der Waals surface area contributed by atoms with Gasteiger partial charge < -0.3 is 10.6 Å². The van der Waals surface area contributed by atoms with E-state index in [1.165, 1.54) is 0 Å². The highest BCUT2D eigenvalue weighted by Gasteiger charge is 2.40. The Kier molecular flexibility index (Phi) is 3.76. The van der Waals surface area contributed by atoms with Gasteiger partial charge in [0.2, 0.25) is 5.91 Å². The summed E-state index contributed by atoms with van der Waals surface area (Å²) in [6.07, 6.45) is 0.888. The summed E-state index contributed by atoms with van der Waals surface area (Å²) in [5.74, 6) is 0.218. The van der Waals surface area contributed by atoms with Crippen molar-refractivity contribution in [1.29, 1.82) is 0 Å². The van der Waals surface area contributed by atoms with E-state index in [-0.39, 0.29) is 17.4 Å². The summed E-state index contributed by atoms with van der Waals surface area (Å²) in [6, 6.07) is 4.23. The molecule has 1 amide bonds. The number of hydrogen-bond acceptors (Lipinski definition) is 3. The molecule has 1 fully saturated rings. The van der Waals surface area contributed by atoms with E-state index in [0.29, 0.717) is 0 Å². The van der Waals surface area contributed by atoms with Gasteiger partial charge in [0.25, 0.3) is 0 Å². The van der Waals surface area contributed by atoms with Crippen LogP contribution in [-0.2, 0) is 10.2 Å². The maximum absolute atomic E-state index is 12.8. The van der Waals surface area contributed by atoms with Crippen molar-refractivity contribution in [3.05, 3.63) is 22.4 Å². The van der Waals surface area contributed by atoms with Gasteiger partial charge in [-0.1, -0.05) is 19.9 Å². The fourth-order valence-electron chi connectivity index (χ4n) is 2.68. The van der Waals surface area contributed by atoms with Gasteiger partial charge >= 0.3 is 0 Å². The SMILES string of the molecule is CC(C)(C(=O)N1CCC(N)C(C)(C)C1)c1cccs1. The van der Waals surface area contributed by atoms with E-state index in [1.807, 2.05) is 36.3 Å². The van der Waals surface area contributed by atoms with Crippen molar-refractivity contribution < 1.29 is 4.79 Å². The van der Waals surface area contributed by atoms with Crippen LogP contribution in [0.15, 0.2) is 17.5 Å². The standard InChI is InChI=1S/C15H24N2OS/c1-14(2)10-17(8-7-11(14)16)13(18)15(3,4)12-6-5-9-19-12/h5-6,9,11H,7-8,10,16H2,1-4H3. The van der Waals surface area contributed by atoms with Gasteiger partial charge in [0.1, 0.15) is 0 Å². The highest BCUT2D eigenvalue weighted by Crippen LogP contribution is 2.34. The van der Waals surface area contributed by atoms with Crippen LogP contribution in [0.3, 0.4) is 0 Å². The van der Waals surface area contributed by atoms with Gasteiger partial charge in [-0.15, -0.1) is 11.3 Å². The molecule has 0 saturated carbocycles. The Morgan fingerprint density at radius 2 is 2.21 bits per heavy atom. The van der Waals surface area contributed by atoms with Crippen molar-refractivity contribution in [2.75, 3.05) is 13.1 Å². The highest BCUT2D eigenvalue weighted by molar-refractivity contribution is 7.10. The summed E-state index contributed by atoms with van der Waals surface area (Å²) < 4.78 is 0. The third-order valence-electron chi connectivity index (χ3n) is 4.27. The average Bonchev–Trinajstić information content (AvgIpc) is 2.86. The lowest BCUT2D eigenvalue weighted by Crippen LogP contribution is -2.56. The van der Waals surface area contributed by atoms with E-state index in [2.05, 4.69) is 13.8 Å². The molecule has 0 spiro atoms. The van der Waals surface area contributed by atoms with Crippen molar-refractivity contribution in [3.63, 3.8) is 0 Å². The number of nitrogens with two attached hydrogens (primary N) is 1. The monoisotopic (exact) mass is 280 g/mol. The van der Waals surface area contributed by atoms with E-state index >= 15 is 0 Å². The molecule has 1 aromatic heterocycles. The molecular weight excluding hydrogens is 256 g/mol. The van der Waals surface area contributed by atoms with Crippen LogP contribution < -0.4 is 5.73 Å². The minimum absolute atomic E-state index is 0.000556. The number of carbonyl (C=O) groups excluding carboxylic acids is 1. The minimum atomic E-state index is -0.439. The summed E-state index contributed by atoms with van der Waals surface area (Å²) in [7, 11) is 0. The van der Waals surface area contributed by atoms with Crippen LogP contribution in [-0.4, -0.2) is 29.9 Å². The Balaban J connectivity index is 2.17. The molecule has 0 aromatic carbocycles. The van der Waals surface area contributed by atoms with Gasteiger partial charge in [0, 0.05) is 24.0 Å². The van der Waals surface area contributed by atoms with E-state index in [4.69, 9.17) is 5.73 Å². The maximum Gasteiger partial charge on any atom is 0.233 e. The number of carbonyl (C=O) groups is 1. The lowest BCUT2D eigenvalue weighted by molar-refractivity contribution is -0.139. The number of likely N-dealkylation sites (tertiary alicyclic amines) is 1. The molecule has 4 heteroatoms. The molecule has 2 N–H and O–H groups in total. The second-order valence-corrected chi connectivity index (χ2v) is 7.66. The van der Waals surface area contributed by atoms with Crippen LogP contribution in [0.25, 0.3) is 0 Å². The van der Waals surface area contributed by atoms with E-state index in [0.717, 1.165) is 24.4 Å². The number of rotatable bonds is 2. The summed E-state index contributed by atoms with van der Waals surface area (Å²) in [4.78, 5) is 15.9. The zero-order valence-corrected chi connectivity index (χ0v) is 13.1. The quantitative estimate of drug-likeness (QED) is 0.905. The van der Waals surface area contributed by atoms with Crippen LogP contribution in [0.5, 0.6) is 0 Å². The van der Waals surface area contributed by atoms with E-state index < -0.39 is 5.41 Å². The first kappa shape index (κ1) is 14.5. The zero-order valence-electron chi connectivity index (χ0n) is 12.3. The summed E-state index contributed by atoms with van der Waals surface area (Å²) in [5.41, 5.74) is 5.70. The Bertz CT molecular complexity index is 451. The van der Waals surface area contributed by atoms with Crippen molar-refractivity contribution in [1.82, 2.24) is 4.90 Å². The Morgan fingerprint density at radius 1 is 1.53 bits per heavy atom. The molecule has 1 saturated heterocycles. The second kappa shape index (κ2) is 4.91. The van der Waals surface area contributed by atoms with Crippen molar-refractivity contribution in [2.45, 2.75) is 45.6 Å². The first-order valence-electron chi connectivity index (χ1n) is 6.84. The molecule has 1 unspecified atom stereocenters. The Hall–Kier alpha value is -0.870. The van der Waals surface area contributed by atoms with Gasteiger partial charge in [-0.25, -0.2) is 0 Å². The fourth-order valence-corrected chi connectivity index (χ4v) is 3.52. The van der Waals surface area contributed by atoms with E-state index in [9.17, 15) is 4.79 Å². The highest BCUT2D eigenvalue weighted by atomic mass is 32.1. The molecule has 2 rings (SSSR count). The predicted molar refractivity (Wildman–Crippen MR) is 80.3 cm³/mol. The zero-order chi connectivity index (χ0) is 14.3. The van der Waals surface area contributed by atoms with Gasteiger partial charge in [0.15, 0.2) is 0 Å². The molecule has 106 valence electrons. The maximum atomic E-state index is 12.8. The molecule has 1 aromatic rings. The van der Waals surface area contributed by atoms with Crippen LogP contribution in [0.2, 0.25) is 0 Å². The van der Waals surface area contributed by atoms with Crippen LogP contribution >= 0.6 is 11.3 Å². The summed E-state index contributed by atoms with van der Waals surface area (Å²) >= 11 is 1.65. The number of hydrogen-bond donors (Lipinski definition) is 1. The first-order valence-corrected chi connectivity index (χ1v) is 7.72. The Labute approximate surface area is 119 Å². The van der Waals surface area contributed by atoms with Gasteiger partial charge in [0.05, 0.1) is 5.41 Å². The molecule has 1 atom stereocenters. The van der Waals surface area contributed by atoms with Crippen molar-refractivity contribution in [3.8, 4) is 0 Å². The molecule has 1 aliphatic rings. The van der Waals surface area contributed by atoms with Gasteiger partial charge in [-0.05, 0) is 37.1 Å². The average molecular weight is 280 g/mol. The minimum Gasteiger partial charge on any atom is -0.341 e. The lowest BCUT2D eigenvalue weighted by atomic mass is 9.78. The first-order chi connectivity index (χ1) is 8.75. The number of thiophene rings is 1. The van der Waals surface area contributed by atoms with Crippen LogP contribution in [0.4, 0.5) is 0 Å².